The highest BCUT2D eigenvalue weighted by Crippen LogP contribution is 2.42. The van der Waals surface area contributed by atoms with E-state index in [4.69, 9.17) is 32.7 Å². The van der Waals surface area contributed by atoms with E-state index in [1.54, 1.807) is 25.1 Å². The minimum absolute atomic E-state index is 0.335. The molecular formula is C17H19Cl2NO4. The molecule has 0 N–H and O–H groups in total. The Morgan fingerprint density at radius 2 is 1.71 bits per heavy atom. The summed E-state index contributed by atoms with van der Waals surface area (Å²) in [6.45, 7) is 3.58. The third-order valence-electron chi connectivity index (χ3n) is 4.38. The highest BCUT2D eigenvalue weighted by molar-refractivity contribution is 6.42. The first-order valence-electron chi connectivity index (χ1n) is 7.46. The fourth-order valence-electron chi connectivity index (χ4n) is 3.29. The van der Waals surface area contributed by atoms with Crippen LogP contribution in [0.5, 0.6) is 0 Å². The van der Waals surface area contributed by atoms with Gasteiger partial charge in [0.1, 0.15) is 5.92 Å². The minimum Gasteiger partial charge on any atom is -0.469 e. The predicted octanol–water partition coefficient (Wildman–Crippen LogP) is 3.52. The van der Waals surface area contributed by atoms with Crippen LogP contribution in [0.3, 0.4) is 0 Å². The first-order chi connectivity index (χ1) is 11.3. The van der Waals surface area contributed by atoms with Gasteiger partial charge in [-0.05, 0) is 31.5 Å². The fourth-order valence-corrected chi connectivity index (χ4v) is 3.60. The molecule has 0 spiro atoms. The van der Waals surface area contributed by atoms with Gasteiger partial charge in [0.25, 0.3) is 0 Å². The van der Waals surface area contributed by atoms with Crippen molar-refractivity contribution < 1.29 is 19.1 Å². The summed E-state index contributed by atoms with van der Waals surface area (Å²) in [6.07, 6.45) is 0. The highest BCUT2D eigenvalue weighted by Gasteiger charge is 2.47. The van der Waals surface area contributed by atoms with E-state index in [2.05, 4.69) is 4.99 Å². The second-order valence-corrected chi connectivity index (χ2v) is 6.57. The molecule has 5 nitrogen and oxygen atoms in total. The van der Waals surface area contributed by atoms with Crippen molar-refractivity contribution in [1.29, 1.82) is 0 Å². The molecule has 24 heavy (non-hydrogen) atoms. The molecule has 7 heteroatoms. The zero-order valence-electron chi connectivity index (χ0n) is 13.9. The van der Waals surface area contributed by atoms with Crippen molar-refractivity contribution in [3.8, 4) is 0 Å². The van der Waals surface area contributed by atoms with E-state index in [1.807, 2.05) is 6.92 Å². The molecule has 4 unspecified atom stereocenters. The Morgan fingerprint density at radius 3 is 2.25 bits per heavy atom. The molecule has 0 aromatic heterocycles. The first kappa shape index (κ1) is 18.7. The van der Waals surface area contributed by atoms with E-state index in [0.29, 0.717) is 15.8 Å². The standard InChI is InChI=1S/C17H19Cl2NO4/c1-8-13(16(21)23-3)15(10-5-6-11(18)12(19)7-10)14(9(2)20-8)17(22)24-4/h5-8,13-15H,1-4H3. The Kier molecular flexibility index (Phi) is 5.88. The summed E-state index contributed by atoms with van der Waals surface area (Å²) < 4.78 is 9.88. The molecule has 1 aromatic carbocycles. The second kappa shape index (κ2) is 7.53. The molecular weight excluding hydrogens is 353 g/mol. The van der Waals surface area contributed by atoms with Crippen molar-refractivity contribution in [3.63, 3.8) is 0 Å². The maximum absolute atomic E-state index is 12.4. The number of ether oxygens (including phenoxy) is 2. The molecule has 1 aliphatic heterocycles. The van der Waals surface area contributed by atoms with Crippen LogP contribution >= 0.6 is 23.2 Å². The third-order valence-corrected chi connectivity index (χ3v) is 5.12. The number of rotatable bonds is 3. The molecule has 1 aromatic rings. The van der Waals surface area contributed by atoms with Crippen molar-refractivity contribution >= 4 is 40.9 Å². The Bertz CT molecular complexity index is 689. The lowest BCUT2D eigenvalue weighted by atomic mass is 9.70. The van der Waals surface area contributed by atoms with Gasteiger partial charge in [-0.2, -0.15) is 0 Å². The van der Waals surface area contributed by atoms with Crippen LogP contribution in [0.15, 0.2) is 23.2 Å². The molecule has 0 aliphatic carbocycles. The van der Waals surface area contributed by atoms with Crippen LogP contribution in [-0.4, -0.2) is 37.9 Å². The largest absolute Gasteiger partial charge is 0.469 e. The summed E-state index contributed by atoms with van der Waals surface area (Å²) in [5.74, 6) is -2.68. The van der Waals surface area contributed by atoms with Crippen molar-refractivity contribution in [2.75, 3.05) is 14.2 Å². The molecule has 4 atom stereocenters. The van der Waals surface area contributed by atoms with Crippen LogP contribution in [0.1, 0.15) is 25.3 Å². The van der Waals surface area contributed by atoms with E-state index in [9.17, 15) is 9.59 Å². The van der Waals surface area contributed by atoms with Crippen LogP contribution in [0.4, 0.5) is 0 Å². The average molecular weight is 372 g/mol. The topological polar surface area (TPSA) is 65.0 Å². The van der Waals surface area contributed by atoms with Gasteiger partial charge < -0.3 is 9.47 Å². The minimum atomic E-state index is -0.687. The lowest BCUT2D eigenvalue weighted by Crippen LogP contribution is -2.45. The zero-order chi connectivity index (χ0) is 18.0. The van der Waals surface area contributed by atoms with Crippen LogP contribution in [0.2, 0.25) is 10.0 Å². The Balaban J connectivity index is 2.63. The number of methoxy groups -OCH3 is 2. The second-order valence-electron chi connectivity index (χ2n) is 5.76. The SMILES string of the molecule is COC(=O)C1C(C)=NC(C)C(C(=O)OC)C1c1ccc(Cl)c(Cl)c1. The number of aliphatic imine (C=N–C) groups is 1. The van der Waals surface area contributed by atoms with E-state index in [-0.39, 0.29) is 6.04 Å². The first-order valence-corrected chi connectivity index (χ1v) is 8.22. The van der Waals surface area contributed by atoms with E-state index >= 15 is 0 Å². The molecule has 0 saturated carbocycles. The highest BCUT2D eigenvalue weighted by atomic mass is 35.5. The lowest BCUT2D eigenvalue weighted by Gasteiger charge is -2.37. The number of hydrogen-bond acceptors (Lipinski definition) is 5. The quantitative estimate of drug-likeness (QED) is 0.762. The zero-order valence-corrected chi connectivity index (χ0v) is 15.4. The van der Waals surface area contributed by atoms with Gasteiger partial charge >= 0.3 is 11.9 Å². The summed E-state index contributed by atoms with van der Waals surface area (Å²) >= 11 is 12.1. The molecule has 2 rings (SSSR count). The summed E-state index contributed by atoms with van der Waals surface area (Å²) in [4.78, 5) is 29.2. The third kappa shape index (κ3) is 3.42. The van der Waals surface area contributed by atoms with Crippen molar-refractivity contribution in [2.24, 2.45) is 16.8 Å². The summed E-state index contributed by atoms with van der Waals surface area (Å²) in [5, 5.41) is 0.758. The van der Waals surface area contributed by atoms with Crippen molar-refractivity contribution in [2.45, 2.75) is 25.8 Å². The van der Waals surface area contributed by atoms with E-state index in [0.717, 1.165) is 5.56 Å². The summed E-state index contributed by atoms with van der Waals surface area (Å²) in [5.41, 5.74) is 1.34. The smallest absolute Gasteiger partial charge is 0.315 e. The molecule has 1 heterocycles. The average Bonchev–Trinajstić information content (AvgIpc) is 2.55. The van der Waals surface area contributed by atoms with Crippen LogP contribution in [-0.2, 0) is 19.1 Å². The van der Waals surface area contributed by atoms with Gasteiger partial charge in [-0.25, -0.2) is 0 Å². The Hall–Kier alpha value is -1.59. The Labute approximate surface area is 150 Å². The molecule has 0 saturated heterocycles. The van der Waals surface area contributed by atoms with Gasteiger partial charge in [-0.15, -0.1) is 0 Å². The van der Waals surface area contributed by atoms with Crippen molar-refractivity contribution in [1.82, 2.24) is 0 Å². The van der Waals surface area contributed by atoms with Gasteiger partial charge in [0.2, 0.25) is 0 Å². The Morgan fingerprint density at radius 1 is 1.08 bits per heavy atom. The molecule has 1 aliphatic rings. The molecule has 0 fully saturated rings. The number of esters is 2. The fraction of sp³-hybridized carbons (Fsp3) is 0.471. The summed E-state index contributed by atoms with van der Waals surface area (Å²) in [7, 11) is 2.63. The van der Waals surface area contributed by atoms with E-state index in [1.165, 1.54) is 14.2 Å². The maximum Gasteiger partial charge on any atom is 0.315 e. The lowest BCUT2D eigenvalue weighted by molar-refractivity contribution is -0.150. The normalized spacial score (nSPS) is 26.5. The maximum atomic E-state index is 12.4. The summed E-state index contributed by atoms with van der Waals surface area (Å²) in [6, 6.07) is 4.74. The van der Waals surface area contributed by atoms with Gasteiger partial charge in [0.05, 0.1) is 36.2 Å². The number of carbonyl (C=O) groups is 2. The molecule has 0 amide bonds. The van der Waals surface area contributed by atoms with Gasteiger partial charge in [-0.3, -0.25) is 14.6 Å². The van der Waals surface area contributed by atoms with Crippen molar-refractivity contribution in [3.05, 3.63) is 33.8 Å². The molecule has 130 valence electrons. The monoisotopic (exact) mass is 371 g/mol. The number of nitrogens with zero attached hydrogens (tertiary/aromatic N) is 1. The van der Waals surface area contributed by atoms with E-state index < -0.39 is 29.7 Å². The number of halogens is 2. The number of hydrogen-bond donors (Lipinski definition) is 0. The predicted molar refractivity (Wildman–Crippen MR) is 92.8 cm³/mol. The number of benzene rings is 1. The van der Waals surface area contributed by atoms with Gasteiger partial charge in [0, 0.05) is 11.6 Å². The molecule has 0 bridgehead atoms. The van der Waals surface area contributed by atoms with Crippen LogP contribution < -0.4 is 0 Å². The molecule has 0 radical (unpaired) electrons. The van der Waals surface area contributed by atoms with Crippen LogP contribution in [0, 0.1) is 11.8 Å². The van der Waals surface area contributed by atoms with Crippen LogP contribution in [0.25, 0.3) is 0 Å². The number of carbonyl (C=O) groups excluding carboxylic acids is 2. The van der Waals surface area contributed by atoms with Gasteiger partial charge in [0.15, 0.2) is 0 Å². The van der Waals surface area contributed by atoms with Gasteiger partial charge in [-0.1, -0.05) is 29.3 Å².